The molecule has 0 aliphatic rings. The van der Waals surface area contributed by atoms with E-state index in [1.165, 1.54) is 28.3 Å². The Morgan fingerprint density at radius 1 is 1.07 bits per heavy atom. The smallest absolute Gasteiger partial charge is 0.338 e. The van der Waals surface area contributed by atoms with Crippen molar-refractivity contribution in [3.8, 4) is 0 Å². The van der Waals surface area contributed by atoms with Crippen molar-refractivity contribution in [1.29, 1.82) is 0 Å². The van der Waals surface area contributed by atoms with Crippen molar-refractivity contribution in [3.63, 3.8) is 0 Å². The fourth-order valence-corrected chi connectivity index (χ4v) is 4.58. The van der Waals surface area contributed by atoms with Crippen LogP contribution in [0.2, 0.25) is 0 Å². The average molecular weight is 419 g/mol. The molecule has 2 rings (SSSR count). The van der Waals surface area contributed by atoms with Crippen LogP contribution < -0.4 is 4.31 Å². The minimum absolute atomic E-state index is 0.0178. The summed E-state index contributed by atoms with van der Waals surface area (Å²) in [5.74, 6) is -1.12. The molecule has 7 nitrogen and oxygen atoms in total. The predicted octanol–water partition coefficient (Wildman–Crippen LogP) is 2.84. The first kappa shape index (κ1) is 22.4. The Hall–Kier alpha value is -2.87. The van der Waals surface area contributed by atoms with Crippen LogP contribution in [-0.4, -0.2) is 51.9 Å². The quantitative estimate of drug-likeness (QED) is 0.646. The van der Waals surface area contributed by atoms with Gasteiger partial charge in [-0.15, -0.1) is 0 Å². The lowest BCUT2D eigenvalue weighted by Crippen LogP contribution is -2.35. The number of esters is 1. The molecule has 0 heterocycles. The van der Waals surface area contributed by atoms with Crippen LogP contribution in [0.25, 0.3) is 0 Å². The van der Waals surface area contributed by atoms with E-state index in [4.69, 9.17) is 4.74 Å². The Morgan fingerprint density at radius 3 is 2.24 bits per heavy atom. The summed E-state index contributed by atoms with van der Waals surface area (Å²) in [6, 6.07) is 13.1. The molecule has 0 bridgehead atoms. The van der Waals surface area contributed by atoms with Gasteiger partial charge in [0.15, 0.2) is 6.10 Å². The molecule has 29 heavy (non-hydrogen) atoms. The lowest BCUT2D eigenvalue weighted by Gasteiger charge is -2.24. The summed E-state index contributed by atoms with van der Waals surface area (Å²) in [6.07, 6.45) is -0.977. The molecule has 0 fully saturated rings. The highest BCUT2D eigenvalue weighted by atomic mass is 32.2. The van der Waals surface area contributed by atoms with Crippen molar-refractivity contribution < 1.29 is 22.7 Å². The van der Waals surface area contributed by atoms with E-state index in [1.54, 1.807) is 58.3 Å². The van der Waals surface area contributed by atoms with Crippen molar-refractivity contribution in [1.82, 2.24) is 4.90 Å². The minimum atomic E-state index is -3.90. The molecular formula is C21H26N2O5S. The standard InChI is InChI=1S/C21H26N2O5S/c1-6-23(18-10-8-7-9-11-18)29(26,27)19-14-17(13-12-15(19)2)21(25)28-16(3)20(24)22(4)5/h7-14,16H,6H2,1-5H3/t16-/m0/s1. The highest BCUT2D eigenvalue weighted by molar-refractivity contribution is 7.92. The molecule has 0 aliphatic heterocycles. The third kappa shape index (κ3) is 4.95. The number of sulfonamides is 1. The number of benzene rings is 2. The lowest BCUT2D eigenvalue weighted by molar-refractivity contribution is -0.137. The number of hydrogen-bond donors (Lipinski definition) is 0. The number of anilines is 1. The van der Waals surface area contributed by atoms with Crippen LogP contribution in [0.4, 0.5) is 5.69 Å². The fourth-order valence-electron chi connectivity index (χ4n) is 2.85. The maximum atomic E-state index is 13.3. The third-order valence-corrected chi connectivity index (χ3v) is 6.44. The van der Waals surface area contributed by atoms with E-state index in [-0.39, 0.29) is 22.9 Å². The molecule has 1 amide bonds. The van der Waals surface area contributed by atoms with E-state index in [0.29, 0.717) is 11.3 Å². The van der Waals surface area contributed by atoms with Crippen LogP contribution in [0, 0.1) is 6.92 Å². The van der Waals surface area contributed by atoms with Gasteiger partial charge in [0.05, 0.1) is 16.1 Å². The molecule has 8 heteroatoms. The minimum Gasteiger partial charge on any atom is -0.449 e. The van der Waals surface area contributed by atoms with Gasteiger partial charge in [-0.3, -0.25) is 9.10 Å². The van der Waals surface area contributed by atoms with Crippen LogP contribution in [0.3, 0.4) is 0 Å². The molecule has 0 unspecified atom stereocenters. The molecule has 0 saturated heterocycles. The number of likely N-dealkylation sites (N-methyl/N-ethyl adjacent to an activating group) is 1. The second kappa shape index (κ2) is 9.09. The van der Waals surface area contributed by atoms with E-state index in [2.05, 4.69) is 0 Å². The molecule has 0 saturated carbocycles. The van der Waals surface area contributed by atoms with Gasteiger partial charge in [0.1, 0.15) is 0 Å². The first-order chi connectivity index (χ1) is 13.6. The van der Waals surface area contributed by atoms with Gasteiger partial charge in [-0.2, -0.15) is 0 Å². The largest absolute Gasteiger partial charge is 0.449 e. The summed E-state index contributed by atoms with van der Waals surface area (Å²) in [4.78, 5) is 25.7. The van der Waals surface area contributed by atoms with Crippen molar-refractivity contribution in [2.45, 2.75) is 31.8 Å². The molecule has 0 aromatic heterocycles. The number of carbonyl (C=O) groups excluding carboxylic acids is 2. The molecule has 0 N–H and O–H groups in total. The van der Waals surface area contributed by atoms with E-state index in [9.17, 15) is 18.0 Å². The monoisotopic (exact) mass is 418 g/mol. The average Bonchev–Trinajstić information content (AvgIpc) is 2.68. The zero-order valence-electron chi connectivity index (χ0n) is 17.2. The number of rotatable bonds is 7. The number of para-hydroxylation sites is 1. The van der Waals surface area contributed by atoms with Crippen LogP contribution in [0.1, 0.15) is 29.8 Å². The topological polar surface area (TPSA) is 84.0 Å². The number of carbonyl (C=O) groups is 2. The summed E-state index contributed by atoms with van der Waals surface area (Å²) in [5.41, 5.74) is 1.11. The maximum absolute atomic E-state index is 13.3. The van der Waals surface area contributed by atoms with Gasteiger partial charge in [-0.05, 0) is 50.6 Å². The number of aryl methyl sites for hydroxylation is 1. The normalized spacial score (nSPS) is 12.2. The molecule has 2 aromatic carbocycles. The predicted molar refractivity (Wildman–Crippen MR) is 111 cm³/mol. The first-order valence-corrected chi connectivity index (χ1v) is 10.6. The SMILES string of the molecule is CCN(c1ccccc1)S(=O)(=O)c1cc(C(=O)O[C@@H](C)C(=O)N(C)C)ccc1C. The highest BCUT2D eigenvalue weighted by Crippen LogP contribution is 2.26. The van der Waals surface area contributed by atoms with Crippen LogP contribution in [0.5, 0.6) is 0 Å². The Balaban J connectivity index is 2.39. The summed E-state index contributed by atoms with van der Waals surface area (Å²) in [6.45, 7) is 5.11. The summed E-state index contributed by atoms with van der Waals surface area (Å²) in [5, 5.41) is 0. The number of hydrogen-bond acceptors (Lipinski definition) is 5. The number of ether oxygens (including phenoxy) is 1. The zero-order chi connectivity index (χ0) is 21.8. The Labute approximate surface area is 171 Å². The molecule has 2 aromatic rings. The van der Waals surface area contributed by atoms with Gasteiger partial charge in [0, 0.05) is 20.6 Å². The molecule has 0 aliphatic carbocycles. The summed E-state index contributed by atoms with van der Waals surface area (Å²) in [7, 11) is -0.775. The van der Waals surface area contributed by atoms with E-state index in [1.807, 2.05) is 6.07 Å². The molecule has 1 atom stereocenters. The van der Waals surface area contributed by atoms with Gasteiger partial charge in [-0.1, -0.05) is 24.3 Å². The van der Waals surface area contributed by atoms with Crippen molar-refractivity contribution in [3.05, 3.63) is 59.7 Å². The Kier molecular flexibility index (Phi) is 7.02. The second-order valence-electron chi connectivity index (χ2n) is 6.77. The highest BCUT2D eigenvalue weighted by Gasteiger charge is 2.27. The first-order valence-electron chi connectivity index (χ1n) is 9.20. The second-order valence-corrected chi connectivity index (χ2v) is 8.60. The van der Waals surface area contributed by atoms with Gasteiger partial charge < -0.3 is 9.64 Å². The summed E-state index contributed by atoms with van der Waals surface area (Å²) >= 11 is 0. The number of nitrogens with zero attached hydrogens (tertiary/aromatic N) is 2. The van der Waals surface area contributed by atoms with E-state index < -0.39 is 22.1 Å². The van der Waals surface area contributed by atoms with E-state index >= 15 is 0 Å². The van der Waals surface area contributed by atoms with E-state index in [0.717, 1.165) is 0 Å². The van der Waals surface area contributed by atoms with Crippen LogP contribution in [-0.2, 0) is 19.6 Å². The Morgan fingerprint density at radius 2 is 1.69 bits per heavy atom. The van der Waals surface area contributed by atoms with Gasteiger partial charge in [-0.25, -0.2) is 13.2 Å². The molecule has 156 valence electrons. The fraction of sp³-hybridized carbons (Fsp3) is 0.333. The van der Waals surface area contributed by atoms with Crippen molar-refractivity contribution in [2.75, 3.05) is 24.9 Å². The maximum Gasteiger partial charge on any atom is 0.338 e. The van der Waals surface area contributed by atoms with Gasteiger partial charge in [0.2, 0.25) is 0 Å². The van der Waals surface area contributed by atoms with Crippen LogP contribution in [0.15, 0.2) is 53.4 Å². The van der Waals surface area contributed by atoms with Gasteiger partial charge in [0.25, 0.3) is 15.9 Å². The third-order valence-electron chi connectivity index (χ3n) is 4.40. The van der Waals surface area contributed by atoms with Gasteiger partial charge >= 0.3 is 5.97 Å². The summed E-state index contributed by atoms with van der Waals surface area (Å²) < 4.78 is 33.1. The zero-order valence-corrected chi connectivity index (χ0v) is 18.1. The molecule has 0 spiro atoms. The Bertz CT molecular complexity index is 987. The molecule has 0 radical (unpaired) electrons. The number of amides is 1. The molecular weight excluding hydrogens is 392 g/mol. The lowest BCUT2D eigenvalue weighted by atomic mass is 10.1. The van der Waals surface area contributed by atoms with Crippen molar-refractivity contribution >= 4 is 27.6 Å². The van der Waals surface area contributed by atoms with Crippen molar-refractivity contribution in [2.24, 2.45) is 0 Å². The van der Waals surface area contributed by atoms with Crippen LogP contribution >= 0.6 is 0 Å².